The minimum Gasteiger partial charge on any atom is -0.461 e. The quantitative estimate of drug-likeness (QED) is 0.813. The summed E-state index contributed by atoms with van der Waals surface area (Å²) in [5.41, 5.74) is 5.73. The summed E-state index contributed by atoms with van der Waals surface area (Å²) < 4.78 is 10.2. The number of aromatic nitrogens is 1. The van der Waals surface area contributed by atoms with E-state index >= 15 is 0 Å². The molecule has 0 spiro atoms. The van der Waals surface area contributed by atoms with Gasteiger partial charge in [-0.25, -0.2) is 9.78 Å². The smallest absolute Gasteiger partial charge is 0.362 e. The topological polar surface area (TPSA) is 78.3 Å². The standard InChI is InChI=1S/C12H18N2O3/c1-2-16-12(15)10-11(13)17-9(14-10)7-8-5-3-4-6-8/h8H,2-7,13H2,1H3. The van der Waals surface area contributed by atoms with E-state index in [1.54, 1.807) is 6.92 Å². The van der Waals surface area contributed by atoms with Crippen LogP contribution in [0.2, 0.25) is 0 Å². The average Bonchev–Trinajstić information content (AvgIpc) is 2.89. The van der Waals surface area contributed by atoms with Gasteiger partial charge in [0, 0.05) is 6.42 Å². The number of hydrogen-bond donors (Lipinski definition) is 1. The van der Waals surface area contributed by atoms with E-state index in [-0.39, 0.29) is 11.6 Å². The van der Waals surface area contributed by atoms with Crippen molar-refractivity contribution in [2.24, 2.45) is 5.92 Å². The minimum atomic E-state index is -0.508. The summed E-state index contributed by atoms with van der Waals surface area (Å²) in [4.78, 5) is 15.6. The summed E-state index contributed by atoms with van der Waals surface area (Å²) in [6.07, 6.45) is 5.72. The van der Waals surface area contributed by atoms with E-state index in [0.29, 0.717) is 18.4 Å². The Labute approximate surface area is 100 Å². The van der Waals surface area contributed by atoms with Crippen LogP contribution in [-0.2, 0) is 11.2 Å². The van der Waals surface area contributed by atoms with Crippen LogP contribution in [0.3, 0.4) is 0 Å². The Hall–Kier alpha value is -1.52. The van der Waals surface area contributed by atoms with Gasteiger partial charge in [0.25, 0.3) is 0 Å². The molecule has 0 unspecified atom stereocenters. The molecule has 0 amide bonds. The molecule has 1 heterocycles. The molecule has 0 atom stereocenters. The van der Waals surface area contributed by atoms with Gasteiger partial charge in [0.05, 0.1) is 6.61 Å². The van der Waals surface area contributed by atoms with E-state index in [1.165, 1.54) is 25.7 Å². The molecule has 0 saturated heterocycles. The van der Waals surface area contributed by atoms with E-state index in [2.05, 4.69) is 4.98 Å². The molecule has 1 aromatic rings. The van der Waals surface area contributed by atoms with E-state index in [9.17, 15) is 4.79 Å². The largest absolute Gasteiger partial charge is 0.461 e. The van der Waals surface area contributed by atoms with Crippen molar-refractivity contribution in [2.75, 3.05) is 12.3 Å². The summed E-state index contributed by atoms with van der Waals surface area (Å²) in [5, 5.41) is 0. The third-order valence-electron chi connectivity index (χ3n) is 3.10. The van der Waals surface area contributed by atoms with E-state index in [4.69, 9.17) is 14.9 Å². The van der Waals surface area contributed by atoms with Gasteiger partial charge >= 0.3 is 5.97 Å². The summed E-state index contributed by atoms with van der Waals surface area (Å²) in [6, 6.07) is 0. The molecule has 0 bridgehead atoms. The predicted octanol–water partition coefficient (Wildman–Crippen LogP) is 2.17. The van der Waals surface area contributed by atoms with Crippen molar-refractivity contribution in [1.82, 2.24) is 4.98 Å². The molecule has 1 aromatic heterocycles. The second-order valence-corrected chi connectivity index (χ2v) is 4.40. The Morgan fingerprint density at radius 1 is 1.53 bits per heavy atom. The van der Waals surface area contributed by atoms with Crippen LogP contribution < -0.4 is 5.73 Å². The molecule has 5 heteroatoms. The van der Waals surface area contributed by atoms with Gasteiger partial charge in [-0.1, -0.05) is 12.8 Å². The van der Waals surface area contributed by atoms with Crippen molar-refractivity contribution in [3.63, 3.8) is 0 Å². The minimum absolute atomic E-state index is 0.0662. The molecule has 0 aliphatic heterocycles. The van der Waals surface area contributed by atoms with Crippen LogP contribution in [0.25, 0.3) is 0 Å². The first-order chi connectivity index (χ1) is 8.20. The second kappa shape index (κ2) is 5.21. The van der Waals surface area contributed by atoms with Crippen molar-refractivity contribution in [1.29, 1.82) is 0 Å². The molecule has 5 nitrogen and oxygen atoms in total. The van der Waals surface area contributed by atoms with Crippen molar-refractivity contribution < 1.29 is 13.9 Å². The summed E-state index contributed by atoms with van der Waals surface area (Å²) >= 11 is 0. The zero-order valence-electron chi connectivity index (χ0n) is 10.1. The van der Waals surface area contributed by atoms with Gasteiger partial charge < -0.3 is 14.9 Å². The molecule has 0 radical (unpaired) electrons. The maximum absolute atomic E-state index is 11.5. The molecule has 0 aromatic carbocycles. The van der Waals surface area contributed by atoms with Gasteiger partial charge in [-0.3, -0.25) is 0 Å². The first-order valence-corrected chi connectivity index (χ1v) is 6.13. The highest BCUT2D eigenvalue weighted by molar-refractivity contribution is 5.91. The van der Waals surface area contributed by atoms with Gasteiger partial charge in [-0.05, 0) is 25.7 Å². The number of nitrogens with zero attached hydrogens (tertiary/aromatic N) is 1. The molecule has 1 saturated carbocycles. The Morgan fingerprint density at radius 3 is 2.88 bits per heavy atom. The first-order valence-electron chi connectivity index (χ1n) is 6.13. The lowest BCUT2D eigenvalue weighted by atomic mass is 10.0. The number of rotatable bonds is 4. The Bertz CT molecular complexity index is 394. The van der Waals surface area contributed by atoms with Crippen LogP contribution in [0.5, 0.6) is 0 Å². The first kappa shape index (κ1) is 12.0. The number of esters is 1. The lowest BCUT2D eigenvalue weighted by Gasteiger charge is -2.03. The van der Waals surface area contributed by atoms with Crippen molar-refractivity contribution in [3.8, 4) is 0 Å². The Morgan fingerprint density at radius 2 is 2.24 bits per heavy atom. The number of nitrogens with two attached hydrogens (primary N) is 1. The molecular formula is C12H18N2O3. The summed E-state index contributed by atoms with van der Waals surface area (Å²) in [5.74, 6) is 0.725. The molecule has 1 aliphatic carbocycles. The van der Waals surface area contributed by atoms with E-state index in [1.807, 2.05) is 0 Å². The maximum atomic E-state index is 11.5. The van der Waals surface area contributed by atoms with Gasteiger partial charge in [0.1, 0.15) is 0 Å². The van der Waals surface area contributed by atoms with Crippen LogP contribution in [0.15, 0.2) is 4.42 Å². The molecule has 2 N–H and O–H groups in total. The Kier molecular flexibility index (Phi) is 3.66. The van der Waals surface area contributed by atoms with Crippen LogP contribution >= 0.6 is 0 Å². The highest BCUT2D eigenvalue weighted by Gasteiger charge is 2.22. The van der Waals surface area contributed by atoms with Gasteiger partial charge in [-0.15, -0.1) is 0 Å². The number of hydrogen-bond acceptors (Lipinski definition) is 5. The zero-order chi connectivity index (χ0) is 12.3. The lowest BCUT2D eigenvalue weighted by Crippen LogP contribution is -2.08. The molecule has 94 valence electrons. The molecule has 2 rings (SSSR count). The number of oxazole rings is 1. The van der Waals surface area contributed by atoms with Crippen molar-refractivity contribution in [2.45, 2.75) is 39.0 Å². The second-order valence-electron chi connectivity index (χ2n) is 4.40. The van der Waals surface area contributed by atoms with Gasteiger partial charge in [0.2, 0.25) is 11.6 Å². The number of carbonyl (C=O) groups is 1. The van der Waals surface area contributed by atoms with Crippen molar-refractivity contribution >= 4 is 11.9 Å². The van der Waals surface area contributed by atoms with Crippen LogP contribution in [0.1, 0.15) is 49.0 Å². The van der Waals surface area contributed by atoms with E-state index < -0.39 is 5.97 Å². The summed E-state index contributed by atoms with van der Waals surface area (Å²) in [7, 11) is 0. The fourth-order valence-electron chi connectivity index (χ4n) is 2.27. The van der Waals surface area contributed by atoms with Crippen LogP contribution in [0.4, 0.5) is 5.88 Å². The van der Waals surface area contributed by atoms with Crippen molar-refractivity contribution in [3.05, 3.63) is 11.6 Å². The maximum Gasteiger partial charge on any atom is 0.362 e. The molecule has 17 heavy (non-hydrogen) atoms. The predicted molar refractivity (Wildman–Crippen MR) is 62.5 cm³/mol. The third-order valence-corrected chi connectivity index (χ3v) is 3.10. The highest BCUT2D eigenvalue weighted by atomic mass is 16.5. The molecular weight excluding hydrogens is 220 g/mol. The molecule has 1 aliphatic rings. The van der Waals surface area contributed by atoms with Gasteiger partial charge in [0.15, 0.2) is 5.89 Å². The van der Waals surface area contributed by atoms with Crippen LogP contribution in [-0.4, -0.2) is 17.6 Å². The number of nitrogen functional groups attached to an aromatic ring is 1. The van der Waals surface area contributed by atoms with E-state index in [0.717, 1.165) is 6.42 Å². The SMILES string of the molecule is CCOC(=O)c1nc(CC2CCCC2)oc1N. The zero-order valence-corrected chi connectivity index (χ0v) is 10.1. The normalized spacial score (nSPS) is 16.3. The average molecular weight is 238 g/mol. The summed E-state index contributed by atoms with van der Waals surface area (Å²) in [6.45, 7) is 2.05. The third kappa shape index (κ3) is 2.78. The lowest BCUT2D eigenvalue weighted by molar-refractivity contribution is 0.0521. The number of anilines is 1. The monoisotopic (exact) mass is 238 g/mol. The van der Waals surface area contributed by atoms with Crippen LogP contribution in [0, 0.1) is 5.92 Å². The Balaban J connectivity index is 2.04. The highest BCUT2D eigenvalue weighted by Crippen LogP contribution is 2.28. The number of carbonyl (C=O) groups excluding carboxylic acids is 1. The van der Waals surface area contributed by atoms with Gasteiger partial charge in [-0.2, -0.15) is 0 Å². The molecule has 1 fully saturated rings. The number of ether oxygens (including phenoxy) is 1. The fourth-order valence-corrected chi connectivity index (χ4v) is 2.27. The fraction of sp³-hybridized carbons (Fsp3) is 0.667.